The minimum absolute atomic E-state index is 0.0903. The van der Waals surface area contributed by atoms with Crippen LogP contribution in [0.2, 0.25) is 0 Å². The summed E-state index contributed by atoms with van der Waals surface area (Å²) >= 11 is 0. The van der Waals surface area contributed by atoms with E-state index in [0.29, 0.717) is 25.5 Å². The fourth-order valence-corrected chi connectivity index (χ4v) is 3.97. The van der Waals surface area contributed by atoms with Crippen molar-refractivity contribution in [2.24, 2.45) is 11.7 Å². The van der Waals surface area contributed by atoms with Gasteiger partial charge in [-0.3, -0.25) is 0 Å². The molecule has 102 valence electrons. The van der Waals surface area contributed by atoms with Crippen molar-refractivity contribution >= 4 is 10.0 Å². The molecule has 1 saturated carbocycles. The van der Waals surface area contributed by atoms with Crippen LogP contribution in [-0.4, -0.2) is 51.8 Å². The van der Waals surface area contributed by atoms with Gasteiger partial charge >= 0.3 is 0 Å². The molecule has 1 rings (SSSR count). The van der Waals surface area contributed by atoms with Crippen molar-refractivity contribution in [3.63, 3.8) is 0 Å². The van der Waals surface area contributed by atoms with Crippen LogP contribution >= 0.6 is 0 Å². The van der Waals surface area contributed by atoms with E-state index >= 15 is 0 Å². The van der Waals surface area contributed by atoms with Crippen molar-refractivity contribution < 1.29 is 13.2 Å². The second-order valence-corrected chi connectivity index (χ2v) is 6.82. The Morgan fingerprint density at radius 1 is 1.41 bits per heavy atom. The SMILES string of the molecule is COCCCS(=O)(=O)N(C)C1CCCC1CN. The monoisotopic (exact) mass is 264 g/mol. The lowest BCUT2D eigenvalue weighted by molar-refractivity contribution is 0.199. The van der Waals surface area contributed by atoms with Crippen molar-refractivity contribution in [1.29, 1.82) is 0 Å². The van der Waals surface area contributed by atoms with Crippen molar-refractivity contribution in [2.45, 2.75) is 31.7 Å². The molecule has 0 radical (unpaired) electrons. The van der Waals surface area contributed by atoms with Crippen LogP contribution in [0.3, 0.4) is 0 Å². The smallest absolute Gasteiger partial charge is 0.214 e. The van der Waals surface area contributed by atoms with Gasteiger partial charge in [0.1, 0.15) is 0 Å². The number of nitrogens with zero attached hydrogens (tertiary/aromatic N) is 1. The summed E-state index contributed by atoms with van der Waals surface area (Å²) in [5.41, 5.74) is 5.69. The van der Waals surface area contributed by atoms with Crippen LogP contribution in [0.25, 0.3) is 0 Å². The van der Waals surface area contributed by atoms with E-state index in [1.54, 1.807) is 14.2 Å². The van der Waals surface area contributed by atoms with Crippen LogP contribution in [0, 0.1) is 5.92 Å². The molecule has 1 fully saturated rings. The summed E-state index contributed by atoms with van der Waals surface area (Å²) in [4.78, 5) is 0. The Bertz CT molecular complexity index is 319. The first-order valence-corrected chi connectivity index (χ1v) is 7.78. The van der Waals surface area contributed by atoms with E-state index in [4.69, 9.17) is 10.5 Å². The molecule has 5 nitrogen and oxygen atoms in total. The molecule has 0 saturated heterocycles. The largest absolute Gasteiger partial charge is 0.385 e. The van der Waals surface area contributed by atoms with E-state index in [-0.39, 0.29) is 11.8 Å². The molecule has 1 aliphatic rings. The van der Waals surface area contributed by atoms with E-state index in [1.165, 1.54) is 4.31 Å². The second kappa shape index (κ2) is 6.68. The minimum atomic E-state index is -3.16. The van der Waals surface area contributed by atoms with E-state index < -0.39 is 10.0 Å². The predicted molar refractivity (Wildman–Crippen MR) is 68.2 cm³/mol. The summed E-state index contributed by atoms with van der Waals surface area (Å²) in [6.07, 6.45) is 3.59. The van der Waals surface area contributed by atoms with E-state index in [1.807, 2.05) is 0 Å². The van der Waals surface area contributed by atoms with Crippen molar-refractivity contribution in [3.05, 3.63) is 0 Å². The fourth-order valence-electron chi connectivity index (χ4n) is 2.51. The lowest BCUT2D eigenvalue weighted by atomic mass is 10.0. The molecular formula is C11H24N2O3S. The third-order valence-electron chi connectivity index (χ3n) is 3.58. The molecular weight excluding hydrogens is 240 g/mol. The second-order valence-electron chi connectivity index (χ2n) is 4.67. The highest BCUT2D eigenvalue weighted by Gasteiger charge is 2.34. The lowest BCUT2D eigenvalue weighted by Crippen LogP contribution is -2.42. The minimum Gasteiger partial charge on any atom is -0.385 e. The molecule has 0 aliphatic heterocycles. The number of hydrogen-bond donors (Lipinski definition) is 1. The zero-order chi connectivity index (χ0) is 12.9. The zero-order valence-corrected chi connectivity index (χ0v) is 11.6. The summed E-state index contributed by atoms with van der Waals surface area (Å²) < 4.78 is 30.6. The standard InChI is InChI=1S/C11H24N2O3S/c1-13(11-6-3-5-10(11)9-12)17(14,15)8-4-7-16-2/h10-11H,3-9,12H2,1-2H3. The van der Waals surface area contributed by atoms with E-state index in [9.17, 15) is 8.42 Å². The third kappa shape index (κ3) is 3.91. The number of ether oxygens (including phenoxy) is 1. The van der Waals surface area contributed by atoms with Gasteiger partial charge in [-0.1, -0.05) is 6.42 Å². The van der Waals surface area contributed by atoms with Crippen LogP contribution in [0.1, 0.15) is 25.7 Å². The van der Waals surface area contributed by atoms with Gasteiger partial charge in [0.2, 0.25) is 10.0 Å². The number of sulfonamides is 1. The maximum atomic E-state index is 12.1. The molecule has 2 N–H and O–H groups in total. The number of nitrogens with two attached hydrogens (primary N) is 1. The maximum Gasteiger partial charge on any atom is 0.214 e. The molecule has 0 aromatic carbocycles. The normalized spacial score (nSPS) is 25.6. The summed E-state index contributed by atoms with van der Waals surface area (Å²) in [6, 6.07) is 0.0903. The molecule has 17 heavy (non-hydrogen) atoms. The maximum absolute atomic E-state index is 12.1. The van der Waals surface area contributed by atoms with Gasteiger partial charge in [-0.25, -0.2) is 12.7 Å². The van der Waals surface area contributed by atoms with Gasteiger partial charge in [0.15, 0.2) is 0 Å². The van der Waals surface area contributed by atoms with Gasteiger partial charge in [0.05, 0.1) is 5.75 Å². The first-order chi connectivity index (χ1) is 8.03. The molecule has 6 heteroatoms. The van der Waals surface area contributed by atoms with Gasteiger partial charge in [-0.15, -0.1) is 0 Å². The third-order valence-corrected chi connectivity index (χ3v) is 5.53. The Hall–Kier alpha value is -0.170. The molecule has 2 atom stereocenters. The lowest BCUT2D eigenvalue weighted by Gasteiger charge is -2.28. The highest BCUT2D eigenvalue weighted by atomic mass is 32.2. The summed E-state index contributed by atoms with van der Waals surface area (Å²) in [5.74, 6) is 0.475. The average Bonchev–Trinajstić information content (AvgIpc) is 2.76. The van der Waals surface area contributed by atoms with Crippen molar-refractivity contribution in [1.82, 2.24) is 4.31 Å². The molecule has 0 heterocycles. The summed E-state index contributed by atoms with van der Waals surface area (Å²) in [7, 11) is 0.101. The van der Waals surface area contributed by atoms with Crippen LogP contribution < -0.4 is 5.73 Å². The van der Waals surface area contributed by atoms with Gasteiger partial charge in [0, 0.05) is 26.8 Å². The Morgan fingerprint density at radius 3 is 2.71 bits per heavy atom. The van der Waals surface area contributed by atoms with Gasteiger partial charge < -0.3 is 10.5 Å². The van der Waals surface area contributed by atoms with E-state index in [0.717, 1.165) is 19.3 Å². The zero-order valence-electron chi connectivity index (χ0n) is 10.8. The Balaban J connectivity index is 2.58. The molecule has 0 amide bonds. The molecule has 0 spiro atoms. The predicted octanol–water partition coefficient (Wildman–Crippen LogP) is 0.412. The Kier molecular flexibility index (Phi) is 5.85. The Morgan fingerprint density at radius 2 is 2.12 bits per heavy atom. The molecule has 0 bridgehead atoms. The molecule has 1 aliphatic carbocycles. The van der Waals surface area contributed by atoms with Gasteiger partial charge in [-0.05, 0) is 31.7 Å². The molecule has 0 aromatic heterocycles. The Labute approximate surface area is 104 Å². The molecule has 2 unspecified atom stereocenters. The first kappa shape index (κ1) is 14.9. The summed E-state index contributed by atoms with van der Waals surface area (Å²) in [6.45, 7) is 1.06. The topological polar surface area (TPSA) is 72.6 Å². The van der Waals surface area contributed by atoms with E-state index in [2.05, 4.69) is 0 Å². The quantitative estimate of drug-likeness (QED) is 0.676. The van der Waals surface area contributed by atoms with Crippen molar-refractivity contribution in [3.8, 4) is 0 Å². The van der Waals surface area contributed by atoms with Crippen LogP contribution in [0.4, 0.5) is 0 Å². The average molecular weight is 264 g/mol. The number of hydrogen-bond acceptors (Lipinski definition) is 4. The number of rotatable bonds is 7. The highest BCUT2D eigenvalue weighted by molar-refractivity contribution is 7.89. The van der Waals surface area contributed by atoms with Gasteiger partial charge in [0.25, 0.3) is 0 Å². The fraction of sp³-hybridized carbons (Fsp3) is 1.00. The van der Waals surface area contributed by atoms with Crippen LogP contribution in [0.5, 0.6) is 0 Å². The first-order valence-electron chi connectivity index (χ1n) is 6.17. The van der Waals surface area contributed by atoms with Crippen LogP contribution in [-0.2, 0) is 14.8 Å². The highest BCUT2D eigenvalue weighted by Crippen LogP contribution is 2.30. The van der Waals surface area contributed by atoms with Crippen LogP contribution in [0.15, 0.2) is 0 Å². The molecule has 0 aromatic rings. The van der Waals surface area contributed by atoms with Crippen molar-refractivity contribution in [2.75, 3.05) is 33.1 Å². The summed E-state index contributed by atoms with van der Waals surface area (Å²) in [5, 5.41) is 0. The van der Waals surface area contributed by atoms with Gasteiger partial charge in [-0.2, -0.15) is 0 Å². The number of methoxy groups -OCH3 is 1.